The van der Waals surface area contributed by atoms with Gasteiger partial charge in [-0.2, -0.15) is 0 Å². The Hall–Kier alpha value is -0.260. The molecule has 1 N–H and O–H groups in total. The van der Waals surface area contributed by atoms with Crippen molar-refractivity contribution >= 4 is 28.7 Å². The van der Waals surface area contributed by atoms with Crippen LogP contribution in [-0.4, -0.2) is 11.3 Å². The number of hydrogen-bond donors (Lipinski definition) is 1. The molecule has 0 saturated carbocycles. The molecule has 0 atom stereocenters. The molecule has 0 aromatic heterocycles. The van der Waals surface area contributed by atoms with Gasteiger partial charge >= 0.3 is 6.16 Å². The van der Waals surface area contributed by atoms with E-state index >= 15 is 0 Å². The minimum absolute atomic E-state index is 1.09. The lowest BCUT2D eigenvalue weighted by Gasteiger charge is -1.82. The Kier molecular flexibility index (Phi) is 3.77. The summed E-state index contributed by atoms with van der Waals surface area (Å²) in [6, 6.07) is 0. The minimum Gasteiger partial charge on any atom is -0.449 e. The van der Waals surface area contributed by atoms with Gasteiger partial charge < -0.3 is 9.84 Å². The second-order valence-corrected chi connectivity index (χ2v) is 1.36. The maximum absolute atomic E-state index is 9.48. The van der Waals surface area contributed by atoms with Gasteiger partial charge in [0.15, 0.2) is 0 Å². The smallest absolute Gasteiger partial charge is 0.449 e. The van der Waals surface area contributed by atoms with Crippen LogP contribution in [0.1, 0.15) is 0 Å². The second kappa shape index (κ2) is 3.91. The van der Waals surface area contributed by atoms with Crippen LogP contribution in [0.4, 0.5) is 4.79 Å². The van der Waals surface area contributed by atoms with Crippen LogP contribution in [0, 0.1) is 0 Å². The average molecular weight is 214 g/mol. The first-order chi connectivity index (χ1) is 3.27. The van der Waals surface area contributed by atoms with E-state index in [-0.39, 0.29) is 0 Å². The fourth-order valence-electron chi connectivity index (χ4n) is 0.0839. The third-order valence-electron chi connectivity index (χ3n) is 0.220. The molecule has 0 spiro atoms. The van der Waals surface area contributed by atoms with Crippen molar-refractivity contribution in [1.29, 1.82) is 0 Å². The van der Waals surface area contributed by atoms with E-state index in [9.17, 15) is 4.79 Å². The van der Waals surface area contributed by atoms with Gasteiger partial charge in [-0.05, 0) is 22.6 Å². The van der Waals surface area contributed by atoms with Gasteiger partial charge in [-0.25, -0.2) is 4.79 Å². The molecule has 3 nitrogen and oxygen atoms in total. The van der Waals surface area contributed by atoms with E-state index in [0.717, 1.165) is 6.26 Å². The average Bonchev–Trinajstić information content (AvgIpc) is 1.61. The van der Waals surface area contributed by atoms with Gasteiger partial charge in [-0.15, -0.1) is 0 Å². The Balaban J connectivity index is 3.14. The van der Waals surface area contributed by atoms with Gasteiger partial charge in [0.2, 0.25) is 0 Å². The fraction of sp³-hybridized carbons (Fsp3) is 0. The first kappa shape index (κ1) is 6.74. The highest BCUT2D eigenvalue weighted by Gasteiger charge is 1.85. The highest BCUT2D eigenvalue weighted by molar-refractivity contribution is 14.1. The van der Waals surface area contributed by atoms with E-state index in [1.54, 1.807) is 0 Å². The van der Waals surface area contributed by atoms with Gasteiger partial charge in [-0.3, -0.25) is 0 Å². The van der Waals surface area contributed by atoms with E-state index in [4.69, 9.17) is 5.11 Å². The van der Waals surface area contributed by atoms with Crippen LogP contribution in [-0.2, 0) is 4.74 Å². The summed E-state index contributed by atoms with van der Waals surface area (Å²) in [5.41, 5.74) is 0. The van der Waals surface area contributed by atoms with Crippen molar-refractivity contribution in [2.75, 3.05) is 0 Å². The molecule has 0 aromatic carbocycles. The van der Waals surface area contributed by atoms with Gasteiger partial charge in [-0.1, -0.05) is 0 Å². The Bertz CT molecular complexity index is 88.2. The molecule has 0 aliphatic carbocycles. The lowest BCUT2D eigenvalue weighted by atomic mass is 11.1. The molecule has 0 rings (SSSR count). The van der Waals surface area contributed by atoms with Gasteiger partial charge in [0.05, 0.1) is 0 Å². The zero-order valence-electron chi connectivity index (χ0n) is 3.30. The number of hydrogen-bond acceptors (Lipinski definition) is 2. The number of ether oxygens (including phenoxy) is 1. The van der Waals surface area contributed by atoms with Gasteiger partial charge in [0.1, 0.15) is 6.26 Å². The topological polar surface area (TPSA) is 46.5 Å². The molecular weight excluding hydrogens is 211 g/mol. The number of carbonyl (C=O) groups is 1. The van der Waals surface area contributed by atoms with Gasteiger partial charge in [0.25, 0.3) is 0 Å². The maximum atomic E-state index is 9.48. The van der Waals surface area contributed by atoms with Crippen LogP contribution in [0.3, 0.4) is 0 Å². The molecule has 0 radical (unpaired) electrons. The van der Waals surface area contributed by atoms with Crippen molar-refractivity contribution in [1.82, 2.24) is 0 Å². The van der Waals surface area contributed by atoms with Crippen LogP contribution in [0.5, 0.6) is 0 Å². The predicted molar refractivity (Wildman–Crippen MR) is 32.3 cm³/mol. The van der Waals surface area contributed by atoms with E-state index < -0.39 is 6.16 Å². The van der Waals surface area contributed by atoms with Crippen LogP contribution >= 0.6 is 22.6 Å². The van der Waals surface area contributed by atoms with Crippen molar-refractivity contribution < 1.29 is 14.6 Å². The van der Waals surface area contributed by atoms with Gasteiger partial charge in [0, 0.05) is 4.08 Å². The molecule has 0 heterocycles. The van der Waals surface area contributed by atoms with Crippen LogP contribution < -0.4 is 0 Å². The second-order valence-electron chi connectivity index (χ2n) is 0.646. The molecule has 4 heteroatoms. The molecule has 0 aromatic rings. The first-order valence-corrected chi connectivity index (χ1v) is 2.66. The maximum Gasteiger partial charge on any atom is 0.510 e. The van der Waals surface area contributed by atoms with E-state index in [1.165, 1.54) is 4.08 Å². The highest BCUT2D eigenvalue weighted by atomic mass is 127. The lowest BCUT2D eigenvalue weighted by molar-refractivity contribution is 0.128. The first-order valence-electron chi connectivity index (χ1n) is 1.42. The Morgan fingerprint density at radius 2 is 2.43 bits per heavy atom. The van der Waals surface area contributed by atoms with E-state index in [2.05, 4.69) is 4.74 Å². The fourth-order valence-corrected chi connectivity index (χ4v) is 0.231. The zero-order valence-corrected chi connectivity index (χ0v) is 5.45. The minimum atomic E-state index is -1.28. The summed E-state index contributed by atoms with van der Waals surface area (Å²) in [4.78, 5) is 9.48. The Morgan fingerprint density at radius 1 is 1.86 bits per heavy atom. The Morgan fingerprint density at radius 3 is 2.57 bits per heavy atom. The predicted octanol–water partition coefficient (Wildman–Crippen LogP) is 1.59. The molecule has 0 unspecified atom stereocenters. The molecule has 0 aliphatic heterocycles. The lowest BCUT2D eigenvalue weighted by Crippen LogP contribution is -1.90. The molecule has 0 bridgehead atoms. The Labute approximate surface area is 54.1 Å². The summed E-state index contributed by atoms with van der Waals surface area (Å²) in [6.07, 6.45) is -0.198. The van der Waals surface area contributed by atoms with Crippen LogP contribution in [0.25, 0.3) is 0 Å². The van der Waals surface area contributed by atoms with Crippen molar-refractivity contribution in [2.24, 2.45) is 0 Å². The number of rotatable bonds is 1. The van der Waals surface area contributed by atoms with Crippen molar-refractivity contribution in [3.05, 3.63) is 10.3 Å². The van der Waals surface area contributed by atoms with Crippen LogP contribution in [0.15, 0.2) is 10.3 Å². The molecule has 7 heavy (non-hydrogen) atoms. The molecular formula is C3H3IO3. The van der Waals surface area contributed by atoms with E-state index in [1.807, 2.05) is 22.6 Å². The standard InChI is InChI=1S/C3H3IO3/c4-1-2-7-3(5)6/h1-2H,(H,5,6)/b2-1-. The zero-order chi connectivity index (χ0) is 5.70. The largest absolute Gasteiger partial charge is 0.510 e. The SMILES string of the molecule is O=C(O)O/C=C\I. The summed E-state index contributed by atoms with van der Waals surface area (Å²) in [7, 11) is 0. The third kappa shape index (κ3) is 5.74. The summed E-state index contributed by atoms with van der Waals surface area (Å²) < 4.78 is 5.38. The van der Waals surface area contributed by atoms with Crippen molar-refractivity contribution in [3.63, 3.8) is 0 Å². The summed E-state index contributed by atoms with van der Waals surface area (Å²) in [5.74, 6) is 0. The molecule has 40 valence electrons. The molecule has 0 saturated heterocycles. The van der Waals surface area contributed by atoms with Crippen molar-refractivity contribution in [2.45, 2.75) is 0 Å². The molecule has 0 fully saturated rings. The van der Waals surface area contributed by atoms with Crippen molar-refractivity contribution in [3.8, 4) is 0 Å². The third-order valence-corrected chi connectivity index (χ3v) is 0.514. The highest BCUT2D eigenvalue weighted by Crippen LogP contribution is 1.84. The summed E-state index contributed by atoms with van der Waals surface area (Å²) in [5, 5.41) is 7.77. The molecule has 0 aliphatic rings. The van der Waals surface area contributed by atoms with Crippen LogP contribution in [0.2, 0.25) is 0 Å². The quantitative estimate of drug-likeness (QED) is 0.409. The van der Waals surface area contributed by atoms with E-state index in [0.29, 0.717) is 0 Å². The molecule has 0 amide bonds. The monoisotopic (exact) mass is 214 g/mol. The summed E-state index contributed by atoms with van der Waals surface area (Å²) in [6.45, 7) is 0. The normalized spacial score (nSPS) is 9.29. The summed E-state index contributed by atoms with van der Waals surface area (Å²) >= 11 is 1.85. The number of halogens is 1. The number of carboxylic acid groups (broad SMARTS) is 1.